The summed E-state index contributed by atoms with van der Waals surface area (Å²) in [5.41, 5.74) is -0.0549. The maximum absolute atomic E-state index is 12.0. The van der Waals surface area contributed by atoms with E-state index in [0.717, 1.165) is 32.1 Å². The molecule has 1 amide bonds. The van der Waals surface area contributed by atoms with E-state index in [4.69, 9.17) is 4.52 Å². The maximum Gasteiger partial charge on any atom is 0.307 e. The van der Waals surface area contributed by atoms with Gasteiger partial charge >= 0.3 is 5.97 Å². The zero-order valence-electron chi connectivity index (χ0n) is 14.1. The summed E-state index contributed by atoms with van der Waals surface area (Å²) in [6, 6.07) is 0. The minimum absolute atomic E-state index is 0.0431. The van der Waals surface area contributed by atoms with E-state index < -0.39 is 5.97 Å². The molecule has 2 saturated carbocycles. The van der Waals surface area contributed by atoms with E-state index in [9.17, 15) is 14.7 Å². The Morgan fingerprint density at radius 3 is 2.79 bits per heavy atom. The van der Waals surface area contributed by atoms with Gasteiger partial charge in [-0.25, -0.2) is 0 Å². The normalized spacial score (nSPS) is 24.2. The third kappa shape index (κ3) is 3.16. The fourth-order valence-corrected chi connectivity index (χ4v) is 4.12. The van der Waals surface area contributed by atoms with E-state index in [0.29, 0.717) is 43.4 Å². The first-order valence-electron chi connectivity index (χ1n) is 8.86. The molecule has 7 nitrogen and oxygen atoms in total. The van der Waals surface area contributed by atoms with Crippen molar-refractivity contribution >= 4 is 11.9 Å². The molecular formula is C17H25N3O4. The van der Waals surface area contributed by atoms with Crippen molar-refractivity contribution in [2.24, 2.45) is 17.3 Å². The first-order valence-corrected chi connectivity index (χ1v) is 8.86. The highest BCUT2D eigenvalue weighted by Gasteiger charge is 2.60. The molecule has 1 spiro atoms. The van der Waals surface area contributed by atoms with Crippen LogP contribution in [0.5, 0.6) is 0 Å². The summed E-state index contributed by atoms with van der Waals surface area (Å²) in [5, 5.41) is 16.1. The molecule has 0 bridgehead atoms. The Kier molecular flexibility index (Phi) is 4.87. The second-order valence-electron chi connectivity index (χ2n) is 7.07. The second-order valence-corrected chi connectivity index (χ2v) is 7.07. The van der Waals surface area contributed by atoms with Gasteiger partial charge in [0.15, 0.2) is 5.82 Å². The first kappa shape index (κ1) is 16.9. The lowest BCUT2D eigenvalue weighted by Crippen LogP contribution is -2.59. The molecule has 2 aliphatic carbocycles. The second kappa shape index (κ2) is 6.91. The van der Waals surface area contributed by atoms with E-state index in [1.807, 2.05) is 6.92 Å². The van der Waals surface area contributed by atoms with Crippen LogP contribution in [0.1, 0.15) is 57.2 Å². The van der Waals surface area contributed by atoms with Crippen LogP contribution in [0.25, 0.3) is 0 Å². The Hall–Kier alpha value is -1.92. The van der Waals surface area contributed by atoms with Crippen LogP contribution in [0.3, 0.4) is 0 Å². The predicted molar refractivity (Wildman–Crippen MR) is 85.1 cm³/mol. The van der Waals surface area contributed by atoms with Crippen molar-refractivity contribution in [3.8, 4) is 0 Å². The molecule has 2 fully saturated rings. The fourth-order valence-electron chi connectivity index (χ4n) is 4.12. The number of rotatable bonds is 8. The number of carboxylic acids is 1. The van der Waals surface area contributed by atoms with Gasteiger partial charge in [0.2, 0.25) is 11.8 Å². The molecule has 2 aliphatic rings. The van der Waals surface area contributed by atoms with Gasteiger partial charge in [-0.2, -0.15) is 4.98 Å². The molecule has 0 aliphatic heterocycles. The molecule has 2 atom stereocenters. The molecule has 24 heavy (non-hydrogen) atoms. The number of hydrogen-bond donors (Lipinski definition) is 2. The number of nitrogens with one attached hydrogen (secondary N) is 1. The van der Waals surface area contributed by atoms with Crippen LogP contribution >= 0.6 is 0 Å². The summed E-state index contributed by atoms with van der Waals surface area (Å²) in [6.07, 6.45) is 6.24. The number of amides is 1. The average molecular weight is 335 g/mol. The molecule has 2 N–H and O–H groups in total. The summed E-state index contributed by atoms with van der Waals surface area (Å²) < 4.78 is 5.12. The molecule has 0 saturated heterocycles. The SMILES string of the molecule is CCCc1noc(CCC(=O)NCC2CC(C(=O)O)C23CCC3)n1. The molecule has 1 aromatic heterocycles. The summed E-state index contributed by atoms with van der Waals surface area (Å²) in [4.78, 5) is 27.5. The van der Waals surface area contributed by atoms with Gasteiger partial charge in [-0.15, -0.1) is 0 Å². The fraction of sp³-hybridized carbons (Fsp3) is 0.765. The van der Waals surface area contributed by atoms with Crippen LogP contribution in [-0.4, -0.2) is 33.7 Å². The number of carbonyl (C=O) groups is 2. The molecular weight excluding hydrogens is 310 g/mol. The van der Waals surface area contributed by atoms with Crippen molar-refractivity contribution in [2.45, 2.75) is 58.3 Å². The molecule has 1 aromatic rings. The lowest BCUT2D eigenvalue weighted by molar-refractivity contribution is -0.175. The predicted octanol–water partition coefficient (Wildman–Crippen LogP) is 1.96. The van der Waals surface area contributed by atoms with Gasteiger partial charge < -0.3 is 14.9 Å². The lowest BCUT2D eigenvalue weighted by Gasteiger charge is -2.60. The Bertz CT molecular complexity index is 609. The molecule has 2 unspecified atom stereocenters. The highest BCUT2D eigenvalue weighted by Crippen LogP contribution is 2.63. The Labute approximate surface area is 141 Å². The van der Waals surface area contributed by atoms with E-state index in [1.165, 1.54) is 0 Å². The maximum atomic E-state index is 12.0. The molecule has 0 aromatic carbocycles. The number of aliphatic carboxylic acids is 1. The van der Waals surface area contributed by atoms with Crippen molar-refractivity contribution < 1.29 is 19.2 Å². The van der Waals surface area contributed by atoms with Crippen molar-refractivity contribution in [1.82, 2.24) is 15.5 Å². The van der Waals surface area contributed by atoms with Gasteiger partial charge in [0.05, 0.1) is 5.92 Å². The van der Waals surface area contributed by atoms with Crippen molar-refractivity contribution in [2.75, 3.05) is 6.54 Å². The lowest BCUT2D eigenvalue weighted by atomic mass is 9.44. The minimum atomic E-state index is -0.684. The van der Waals surface area contributed by atoms with Gasteiger partial charge in [0.1, 0.15) is 0 Å². The molecule has 7 heteroatoms. The summed E-state index contributed by atoms with van der Waals surface area (Å²) in [6.45, 7) is 2.63. The third-order valence-corrected chi connectivity index (χ3v) is 5.71. The zero-order valence-corrected chi connectivity index (χ0v) is 14.1. The van der Waals surface area contributed by atoms with Crippen LogP contribution in [0.15, 0.2) is 4.52 Å². The van der Waals surface area contributed by atoms with Gasteiger partial charge in [0, 0.05) is 25.8 Å². The van der Waals surface area contributed by atoms with Crippen molar-refractivity contribution in [1.29, 1.82) is 0 Å². The largest absolute Gasteiger partial charge is 0.481 e. The van der Waals surface area contributed by atoms with E-state index in [-0.39, 0.29) is 17.2 Å². The molecule has 0 radical (unpaired) electrons. The monoisotopic (exact) mass is 335 g/mol. The van der Waals surface area contributed by atoms with Crippen LogP contribution in [-0.2, 0) is 22.4 Å². The number of aromatic nitrogens is 2. The summed E-state index contributed by atoms with van der Waals surface area (Å²) >= 11 is 0. The van der Waals surface area contributed by atoms with Gasteiger partial charge in [-0.3, -0.25) is 9.59 Å². The Balaban J connectivity index is 1.40. The van der Waals surface area contributed by atoms with Gasteiger partial charge in [-0.1, -0.05) is 18.5 Å². The summed E-state index contributed by atoms with van der Waals surface area (Å²) in [7, 11) is 0. The van der Waals surface area contributed by atoms with Gasteiger partial charge in [0.25, 0.3) is 0 Å². The molecule has 132 valence electrons. The highest BCUT2D eigenvalue weighted by molar-refractivity contribution is 5.76. The van der Waals surface area contributed by atoms with Crippen molar-refractivity contribution in [3.63, 3.8) is 0 Å². The van der Waals surface area contributed by atoms with E-state index in [2.05, 4.69) is 15.5 Å². The number of nitrogens with zero attached hydrogens (tertiary/aromatic N) is 2. The third-order valence-electron chi connectivity index (χ3n) is 5.71. The number of aryl methyl sites for hydroxylation is 2. The quantitative estimate of drug-likeness (QED) is 0.752. The topological polar surface area (TPSA) is 105 Å². The van der Waals surface area contributed by atoms with Crippen LogP contribution < -0.4 is 5.32 Å². The van der Waals surface area contributed by atoms with Crippen LogP contribution in [0.2, 0.25) is 0 Å². The average Bonchev–Trinajstić information content (AvgIpc) is 2.90. The smallest absolute Gasteiger partial charge is 0.307 e. The molecule has 3 rings (SSSR count). The standard InChI is InChI=1S/C17H25N3O4/c1-2-4-13-19-15(24-20-13)6-5-14(21)18-10-11-9-12(16(22)23)17(11)7-3-8-17/h11-12H,2-10H2,1H3,(H,18,21)(H,22,23). The Morgan fingerprint density at radius 1 is 1.38 bits per heavy atom. The van der Waals surface area contributed by atoms with Crippen LogP contribution in [0.4, 0.5) is 0 Å². The highest BCUT2D eigenvalue weighted by atomic mass is 16.5. The summed E-state index contributed by atoms with van der Waals surface area (Å²) in [5.74, 6) is 0.544. The first-order chi connectivity index (χ1) is 11.5. The number of hydrogen-bond acceptors (Lipinski definition) is 5. The van der Waals surface area contributed by atoms with Crippen molar-refractivity contribution in [3.05, 3.63) is 11.7 Å². The van der Waals surface area contributed by atoms with Crippen LogP contribution in [0, 0.1) is 17.3 Å². The Morgan fingerprint density at radius 2 is 2.17 bits per heavy atom. The van der Waals surface area contributed by atoms with Gasteiger partial charge in [-0.05, 0) is 37.0 Å². The number of carboxylic acid groups (broad SMARTS) is 1. The van der Waals surface area contributed by atoms with E-state index >= 15 is 0 Å². The van der Waals surface area contributed by atoms with E-state index in [1.54, 1.807) is 0 Å². The minimum Gasteiger partial charge on any atom is -0.481 e. The molecule has 1 heterocycles. The zero-order chi connectivity index (χ0) is 17.2. The number of carbonyl (C=O) groups excluding carboxylic acids is 1.